The van der Waals surface area contributed by atoms with Gasteiger partial charge in [0.25, 0.3) is 0 Å². The summed E-state index contributed by atoms with van der Waals surface area (Å²) in [7, 11) is 2.93. The van der Waals surface area contributed by atoms with Gasteiger partial charge in [0.1, 0.15) is 5.75 Å². The van der Waals surface area contributed by atoms with Gasteiger partial charge in [-0.3, -0.25) is 0 Å². The molecule has 2 rings (SSSR count). The van der Waals surface area contributed by atoms with Gasteiger partial charge < -0.3 is 20.1 Å². The number of carbonyl (C=O) groups excluding carboxylic acids is 2. The molecule has 0 radical (unpaired) electrons. The van der Waals surface area contributed by atoms with Crippen LogP contribution < -0.4 is 5.32 Å². The number of benzene rings is 2. The molecule has 0 fully saturated rings. The standard InChI is InChI=1S/C18H20N2O4/c1-12-8-9-13(17(22)24-3)10-15(12)19-18(23)20(2)11-14-6-4-5-7-16(14)21/h4-10,21H,11H2,1-3H3,(H,19,23). The third kappa shape index (κ3) is 4.04. The van der Waals surface area contributed by atoms with Gasteiger partial charge in [-0.05, 0) is 30.7 Å². The number of hydrogen-bond acceptors (Lipinski definition) is 4. The molecule has 0 unspecified atom stereocenters. The summed E-state index contributed by atoms with van der Waals surface area (Å²) in [5.41, 5.74) is 2.37. The number of aryl methyl sites for hydroxylation is 1. The van der Waals surface area contributed by atoms with E-state index < -0.39 is 5.97 Å². The molecule has 0 saturated carbocycles. The Hall–Kier alpha value is -3.02. The van der Waals surface area contributed by atoms with Gasteiger partial charge in [-0.1, -0.05) is 24.3 Å². The lowest BCUT2D eigenvalue weighted by Crippen LogP contribution is -2.31. The smallest absolute Gasteiger partial charge is 0.337 e. The summed E-state index contributed by atoms with van der Waals surface area (Å²) in [6.45, 7) is 2.09. The second kappa shape index (κ2) is 7.50. The van der Waals surface area contributed by atoms with Gasteiger partial charge in [0, 0.05) is 18.3 Å². The zero-order valence-electron chi connectivity index (χ0n) is 13.9. The molecular formula is C18H20N2O4. The molecule has 6 nitrogen and oxygen atoms in total. The van der Waals surface area contributed by atoms with Crippen molar-refractivity contribution >= 4 is 17.7 Å². The van der Waals surface area contributed by atoms with Crippen molar-refractivity contribution in [2.24, 2.45) is 0 Å². The summed E-state index contributed by atoms with van der Waals surface area (Å²) < 4.78 is 4.69. The van der Waals surface area contributed by atoms with Gasteiger partial charge in [0.15, 0.2) is 0 Å². The number of ether oxygens (including phenoxy) is 1. The van der Waals surface area contributed by atoms with Crippen molar-refractivity contribution in [1.29, 1.82) is 0 Å². The van der Waals surface area contributed by atoms with Crippen molar-refractivity contribution in [3.63, 3.8) is 0 Å². The van der Waals surface area contributed by atoms with Crippen LogP contribution in [0.15, 0.2) is 42.5 Å². The van der Waals surface area contributed by atoms with Gasteiger partial charge in [-0.15, -0.1) is 0 Å². The molecule has 2 aromatic carbocycles. The van der Waals surface area contributed by atoms with Crippen LogP contribution in [0.1, 0.15) is 21.5 Å². The maximum absolute atomic E-state index is 12.3. The summed E-state index contributed by atoms with van der Waals surface area (Å²) in [5, 5.41) is 12.6. The highest BCUT2D eigenvalue weighted by atomic mass is 16.5. The van der Waals surface area contributed by atoms with Crippen LogP contribution in [0, 0.1) is 6.92 Å². The van der Waals surface area contributed by atoms with Crippen molar-refractivity contribution in [2.45, 2.75) is 13.5 Å². The maximum Gasteiger partial charge on any atom is 0.337 e. The number of phenolic OH excluding ortho intramolecular Hbond substituents is 1. The van der Waals surface area contributed by atoms with E-state index in [-0.39, 0.29) is 18.3 Å². The van der Waals surface area contributed by atoms with E-state index >= 15 is 0 Å². The van der Waals surface area contributed by atoms with Gasteiger partial charge in [-0.2, -0.15) is 0 Å². The molecule has 2 aromatic rings. The first-order valence-electron chi connectivity index (χ1n) is 7.40. The largest absolute Gasteiger partial charge is 0.508 e. The summed E-state index contributed by atoms with van der Waals surface area (Å²) in [4.78, 5) is 25.4. The molecule has 2 N–H and O–H groups in total. The van der Waals surface area contributed by atoms with Crippen LogP contribution in [0.4, 0.5) is 10.5 Å². The number of esters is 1. The first-order chi connectivity index (χ1) is 11.4. The third-order valence-electron chi connectivity index (χ3n) is 3.65. The van der Waals surface area contributed by atoms with Gasteiger partial charge in [0.2, 0.25) is 0 Å². The lowest BCUT2D eigenvalue weighted by atomic mass is 10.1. The Balaban J connectivity index is 2.11. The third-order valence-corrected chi connectivity index (χ3v) is 3.65. The van der Waals surface area contributed by atoms with Crippen molar-refractivity contribution in [3.05, 3.63) is 59.2 Å². The molecule has 0 spiro atoms. The minimum absolute atomic E-state index is 0.140. The molecule has 24 heavy (non-hydrogen) atoms. The molecule has 0 aliphatic carbocycles. The molecule has 0 saturated heterocycles. The van der Waals surface area contributed by atoms with E-state index in [9.17, 15) is 14.7 Å². The number of rotatable bonds is 4. The van der Waals surface area contributed by atoms with Crippen LogP contribution in [0.3, 0.4) is 0 Å². The second-order valence-corrected chi connectivity index (χ2v) is 5.44. The molecule has 2 amide bonds. The van der Waals surface area contributed by atoms with E-state index in [0.717, 1.165) is 5.56 Å². The molecule has 0 bridgehead atoms. The number of aromatic hydroxyl groups is 1. The number of anilines is 1. The van der Waals surface area contributed by atoms with E-state index in [1.807, 2.05) is 6.92 Å². The van der Waals surface area contributed by atoms with Crippen molar-refractivity contribution in [1.82, 2.24) is 4.90 Å². The summed E-state index contributed by atoms with van der Waals surface area (Å²) in [6.07, 6.45) is 0. The second-order valence-electron chi connectivity index (χ2n) is 5.44. The predicted octanol–water partition coefficient (Wildman–Crippen LogP) is 3.15. The number of urea groups is 1. The summed E-state index contributed by atoms with van der Waals surface area (Å²) >= 11 is 0. The average Bonchev–Trinajstić information content (AvgIpc) is 2.58. The Kier molecular flexibility index (Phi) is 5.42. The lowest BCUT2D eigenvalue weighted by molar-refractivity contribution is 0.0600. The molecule has 0 atom stereocenters. The normalized spacial score (nSPS) is 10.1. The quantitative estimate of drug-likeness (QED) is 0.845. The Morgan fingerprint density at radius 3 is 2.58 bits per heavy atom. The van der Waals surface area contributed by atoms with Crippen LogP contribution in [0.25, 0.3) is 0 Å². The average molecular weight is 328 g/mol. The van der Waals surface area contributed by atoms with Gasteiger partial charge >= 0.3 is 12.0 Å². The molecular weight excluding hydrogens is 308 g/mol. The van der Waals surface area contributed by atoms with Crippen molar-refractivity contribution in [2.75, 3.05) is 19.5 Å². The molecule has 0 aromatic heterocycles. The Labute approximate surface area is 140 Å². The number of amides is 2. The first kappa shape index (κ1) is 17.3. The van der Waals surface area contributed by atoms with Gasteiger partial charge in [-0.25, -0.2) is 9.59 Å². The highest BCUT2D eigenvalue weighted by molar-refractivity contribution is 5.94. The highest BCUT2D eigenvalue weighted by Crippen LogP contribution is 2.20. The number of phenols is 1. The Morgan fingerprint density at radius 2 is 1.92 bits per heavy atom. The summed E-state index contributed by atoms with van der Waals surface area (Å²) in [5.74, 6) is -0.325. The number of hydrogen-bond donors (Lipinski definition) is 2. The zero-order chi connectivity index (χ0) is 17.7. The van der Waals surface area contributed by atoms with Crippen LogP contribution >= 0.6 is 0 Å². The number of para-hydroxylation sites is 1. The fourth-order valence-electron chi connectivity index (χ4n) is 2.18. The number of carbonyl (C=O) groups is 2. The van der Waals surface area contributed by atoms with E-state index in [2.05, 4.69) is 10.1 Å². The minimum Gasteiger partial charge on any atom is -0.508 e. The highest BCUT2D eigenvalue weighted by Gasteiger charge is 2.14. The number of nitrogens with one attached hydrogen (secondary N) is 1. The van der Waals surface area contributed by atoms with Crippen LogP contribution in [-0.4, -0.2) is 36.2 Å². The molecule has 0 aliphatic heterocycles. The topological polar surface area (TPSA) is 78.9 Å². The van der Waals surface area contributed by atoms with Gasteiger partial charge in [0.05, 0.1) is 19.2 Å². The molecule has 0 aliphatic rings. The molecule has 126 valence electrons. The summed E-state index contributed by atoms with van der Waals surface area (Å²) in [6, 6.07) is 11.5. The number of nitrogens with zero attached hydrogens (tertiary/aromatic N) is 1. The monoisotopic (exact) mass is 328 g/mol. The Morgan fingerprint density at radius 1 is 1.21 bits per heavy atom. The lowest BCUT2D eigenvalue weighted by Gasteiger charge is -2.19. The minimum atomic E-state index is -0.465. The fourth-order valence-corrected chi connectivity index (χ4v) is 2.18. The maximum atomic E-state index is 12.3. The fraction of sp³-hybridized carbons (Fsp3) is 0.222. The SMILES string of the molecule is COC(=O)c1ccc(C)c(NC(=O)N(C)Cc2ccccc2O)c1. The van der Waals surface area contributed by atoms with E-state index in [0.29, 0.717) is 16.8 Å². The Bertz CT molecular complexity index is 758. The van der Waals surface area contributed by atoms with Crippen molar-refractivity contribution < 1.29 is 19.4 Å². The predicted molar refractivity (Wildman–Crippen MR) is 91.1 cm³/mol. The zero-order valence-corrected chi connectivity index (χ0v) is 13.9. The molecule has 6 heteroatoms. The van der Waals surface area contributed by atoms with Crippen LogP contribution in [-0.2, 0) is 11.3 Å². The van der Waals surface area contributed by atoms with E-state index in [4.69, 9.17) is 0 Å². The first-order valence-corrected chi connectivity index (χ1v) is 7.40. The molecule has 0 heterocycles. The van der Waals surface area contributed by atoms with Crippen molar-refractivity contribution in [3.8, 4) is 5.75 Å². The van der Waals surface area contributed by atoms with Crippen LogP contribution in [0.5, 0.6) is 5.75 Å². The number of methoxy groups -OCH3 is 1. The van der Waals surface area contributed by atoms with E-state index in [1.54, 1.807) is 49.5 Å². The van der Waals surface area contributed by atoms with E-state index in [1.165, 1.54) is 12.0 Å². The van der Waals surface area contributed by atoms with Crippen LogP contribution in [0.2, 0.25) is 0 Å².